The second-order valence-corrected chi connectivity index (χ2v) is 8.44. The first-order valence-electron chi connectivity index (χ1n) is 8.90. The van der Waals surface area contributed by atoms with E-state index in [0.29, 0.717) is 29.8 Å². The molecule has 1 fully saturated rings. The molecule has 1 aliphatic heterocycles. The third kappa shape index (κ3) is 4.16. The first-order valence-corrected chi connectivity index (χ1v) is 10.3. The molecular weight excluding hydrogens is 378 g/mol. The monoisotopic (exact) mass is 399 g/mol. The van der Waals surface area contributed by atoms with Crippen LogP contribution in [0, 0.1) is 17.2 Å². The summed E-state index contributed by atoms with van der Waals surface area (Å²) in [7, 11) is -2.08. The number of hydrogen-bond donors (Lipinski definition) is 1. The molecule has 0 radical (unpaired) electrons. The van der Waals surface area contributed by atoms with Gasteiger partial charge in [-0.05, 0) is 49.2 Å². The van der Waals surface area contributed by atoms with E-state index in [0.717, 1.165) is 0 Å². The number of para-hydroxylation sites is 1. The van der Waals surface area contributed by atoms with Gasteiger partial charge in [-0.25, -0.2) is 8.42 Å². The van der Waals surface area contributed by atoms with Crippen LogP contribution in [0.4, 0.5) is 5.69 Å². The number of sulfonamides is 1. The molecule has 0 unspecified atom stereocenters. The van der Waals surface area contributed by atoms with Crippen molar-refractivity contribution in [1.82, 2.24) is 4.31 Å². The lowest BCUT2D eigenvalue weighted by molar-refractivity contribution is -0.120. The van der Waals surface area contributed by atoms with Crippen LogP contribution in [0.2, 0.25) is 0 Å². The van der Waals surface area contributed by atoms with Crippen molar-refractivity contribution in [3.8, 4) is 11.8 Å². The second-order valence-electron chi connectivity index (χ2n) is 6.50. The van der Waals surface area contributed by atoms with Crippen LogP contribution in [-0.2, 0) is 14.8 Å². The smallest absolute Gasteiger partial charge is 0.243 e. The normalized spacial score (nSPS) is 15.6. The number of nitrogens with one attached hydrogen (secondary N) is 1. The molecule has 2 aromatic rings. The molecule has 146 valence electrons. The molecule has 0 aromatic heterocycles. The summed E-state index contributed by atoms with van der Waals surface area (Å²) in [5.74, 6) is 0.102. The molecular formula is C20H21N3O4S. The third-order valence-corrected chi connectivity index (χ3v) is 6.74. The number of piperidine rings is 1. The fourth-order valence-corrected chi connectivity index (χ4v) is 4.65. The van der Waals surface area contributed by atoms with Gasteiger partial charge in [0.1, 0.15) is 11.8 Å². The molecule has 0 atom stereocenters. The van der Waals surface area contributed by atoms with Crippen LogP contribution in [0.5, 0.6) is 5.75 Å². The number of benzene rings is 2. The molecule has 1 N–H and O–H groups in total. The minimum atomic E-state index is -3.60. The summed E-state index contributed by atoms with van der Waals surface area (Å²) in [6, 6.07) is 15.1. The van der Waals surface area contributed by atoms with Crippen molar-refractivity contribution >= 4 is 21.6 Å². The van der Waals surface area contributed by atoms with E-state index in [1.54, 1.807) is 36.4 Å². The van der Waals surface area contributed by atoms with Gasteiger partial charge in [-0.15, -0.1) is 0 Å². The van der Waals surface area contributed by atoms with Crippen LogP contribution in [0.15, 0.2) is 53.4 Å². The summed E-state index contributed by atoms with van der Waals surface area (Å²) in [4.78, 5) is 12.7. The Morgan fingerprint density at radius 1 is 1.14 bits per heavy atom. The first kappa shape index (κ1) is 19.9. The Hall–Kier alpha value is -2.89. The van der Waals surface area contributed by atoms with E-state index in [2.05, 4.69) is 5.32 Å². The molecule has 7 nitrogen and oxygen atoms in total. The maximum atomic E-state index is 12.8. The van der Waals surface area contributed by atoms with Gasteiger partial charge >= 0.3 is 0 Å². The second kappa shape index (κ2) is 8.42. The van der Waals surface area contributed by atoms with Gasteiger partial charge in [-0.1, -0.05) is 12.1 Å². The largest absolute Gasteiger partial charge is 0.497 e. The minimum absolute atomic E-state index is 0.191. The molecule has 0 aliphatic carbocycles. The van der Waals surface area contributed by atoms with Gasteiger partial charge in [0.25, 0.3) is 0 Å². The molecule has 8 heteroatoms. The van der Waals surface area contributed by atoms with E-state index in [1.165, 1.54) is 23.5 Å². The van der Waals surface area contributed by atoms with Crippen LogP contribution < -0.4 is 10.1 Å². The van der Waals surface area contributed by atoms with E-state index in [9.17, 15) is 13.2 Å². The molecule has 0 spiro atoms. The quantitative estimate of drug-likeness (QED) is 0.833. The van der Waals surface area contributed by atoms with Gasteiger partial charge in [0.05, 0.1) is 23.3 Å². The van der Waals surface area contributed by atoms with Crippen LogP contribution in [-0.4, -0.2) is 38.8 Å². The van der Waals surface area contributed by atoms with Gasteiger partial charge in [-0.3, -0.25) is 4.79 Å². The number of amides is 1. The van der Waals surface area contributed by atoms with Crippen LogP contribution in [0.1, 0.15) is 18.4 Å². The van der Waals surface area contributed by atoms with Crippen molar-refractivity contribution in [3.05, 3.63) is 54.1 Å². The van der Waals surface area contributed by atoms with Crippen LogP contribution >= 0.6 is 0 Å². The Labute approximate surface area is 164 Å². The Bertz CT molecular complexity index is 989. The Balaban J connectivity index is 1.63. The molecule has 2 aromatic carbocycles. The molecule has 1 amide bonds. The maximum Gasteiger partial charge on any atom is 0.243 e. The highest BCUT2D eigenvalue weighted by Crippen LogP contribution is 2.26. The molecule has 1 heterocycles. The van der Waals surface area contributed by atoms with Gasteiger partial charge in [0.15, 0.2) is 0 Å². The van der Waals surface area contributed by atoms with Gasteiger partial charge < -0.3 is 10.1 Å². The third-order valence-electron chi connectivity index (χ3n) is 4.83. The number of nitriles is 1. The minimum Gasteiger partial charge on any atom is -0.497 e. The lowest BCUT2D eigenvalue weighted by Gasteiger charge is -2.30. The predicted octanol–water partition coefficient (Wildman–Crippen LogP) is 2.61. The van der Waals surface area contributed by atoms with Gasteiger partial charge in [0.2, 0.25) is 15.9 Å². The topological polar surface area (TPSA) is 99.5 Å². The van der Waals surface area contributed by atoms with Crippen LogP contribution in [0.25, 0.3) is 0 Å². The zero-order valence-electron chi connectivity index (χ0n) is 15.5. The van der Waals surface area contributed by atoms with Crippen LogP contribution in [0.3, 0.4) is 0 Å². The van der Waals surface area contributed by atoms with Gasteiger partial charge in [0, 0.05) is 19.0 Å². The Kier molecular flexibility index (Phi) is 5.97. The molecule has 28 heavy (non-hydrogen) atoms. The Morgan fingerprint density at radius 3 is 2.39 bits per heavy atom. The SMILES string of the molecule is COc1ccc(S(=O)(=O)N2CCC(C(=O)Nc3ccccc3C#N)CC2)cc1. The highest BCUT2D eigenvalue weighted by molar-refractivity contribution is 7.89. The average Bonchev–Trinajstić information content (AvgIpc) is 2.74. The highest BCUT2D eigenvalue weighted by Gasteiger charge is 2.32. The van der Waals surface area contributed by atoms with E-state index in [1.807, 2.05) is 6.07 Å². The maximum absolute atomic E-state index is 12.8. The lowest BCUT2D eigenvalue weighted by Crippen LogP contribution is -2.41. The number of methoxy groups -OCH3 is 1. The number of hydrogen-bond acceptors (Lipinski definition) is 5. The molecule has 0 saturated carbocycles. The summed E-state index contributed by atoms with van der Waals surface area (Å²) in [5, 5.41) is 11.9. The average molecular weight is 399 g/mol. The number of nitrogens with zero attached hydrogens (tertiary/aromatic N) is 2. The number of ether oxygens (including phenoxy) is 1. The molecule has 1 saturated heterocycles. The van der Waals surface area contributed by atoms with Crippen molar-refractivity contribution in [2.45, 2.75) is 17.7 Å². The molecule has 0 bridgehead atoms. The van der Waals surface area contributed by atoms with E-state index < -0.39 is 10.0 Å². The fraction of sp³-hybridized carbons (Fsp3) is 0.300. The summed E-state index contributed by atoms with van der Waals surface area (Å²) in [5.41, 5.74) is 0.874. The summed E-state index contributed by atoms with van der Waals surface area (Å²) in [6.45, 7) is 0.540. The van der Waals surface area contributed by atoms with Crippen molar-refractivity contribution in [1.29, 1.82) is 5.26 Å². The van der Waals surface area contributed by atoms with E-state index >= 15 is 0 Å². The number of carbonyl (C=O) groups excluding carboxylic acids is 1. The van der Waals surface area contributed by atoms with Crippen molar-refractivity contribution in [2.24, 2.45) is 5.92 Å². The van der Waals surface area contributed by atoms with E-state index in [4.69, 9.17) is 10.00 Å². The summed E-state index contributed by atoms with van der Waals surface area (Å²) < 4.78 is 32.0. The van der Waals surface area contributed by atoms with E-state index in [-0.39, 0.29) is 29.8 Å². The number of rotatable bonds is 5. The summed E-state index contributed by atoms with van der Waals surface area (Å²) in [6.07, 6.45) is 0.853. The predicted molar refractivity (Wildman–Crippen MR) is 104 cm³/mol. The Morgan fingerprint density at radius 2 is 1.79 bits per heavy atom. The number of anilines is 1. The lowest BCUT2D eigenvalue weighted by atomic mass is 9.97. The standard InChI is InChI=1S/C20H21N3O4S/c1-27-17-6-8-18(9-7-17)28(25,26)23-12-10-15(11-13-23)20(24)22-19-5-3-2-4-16(19)14-21/h2-9,15H,10-13H2,1H3,(H,22,24). The van der Waals surface area contributed by atoms with Crippen molar-refractivity contribution < 1.29 is 17.9 Å². The fourth-order valence-electron chi connectivity index (χ4n) is 3.18. The molecule has 1 aliphatic rings. The zero-order chi connectivity index (χ0) is 20.1. The van der Waals surface area contributed by atoms with Gasteiger partial charge in [-0.2, -0.15) is 9.57 Å². The zero-order valence-corrected chi connectivity index (χ0v) is 16.3. The first-order chi connectivity index (χ1) is 13.5. The van der Waals surface area contributed by atoms with Crippen molar-refractivity contribution in [2.75, 3.05) is 25.5 Å². The van der Waals surface area contributed by atoms with Crippen molar-refractivity contribution in [3.63, 3.8) is 0 Å². The molecule has 3 rings (SSSR count). The summed E-state index contributed by atoms with van der Waals surface area (Å²) >= 11 is 0. The highest BCUT2D eigenvalue weighted by atomic mass is 32.2. The number of carbonyl (C=O) groups is 1.